The van der Waals surface area contributed by atoms with Crippen LogP contribution < -0.4 is 14.9 Å². The van der Waals surface area contributed by atoms with E-state index in [1.54, 1.807) is 29.1 Å². The normalized spacial score (nSPS) is 13.5. The topological polar surface area (TPSA) is 111 Å². The van der Waals surface area contributed by atoms with Crippen LogP contribution in [0.3, 0.4) is 0 Å². The molecule has 2 aromatic carbocycles. The number of amides is 1. The number of carbonyl (C=O) groups is 1. The van der Waals surface area contributed by atoms with E-state index >= 15 is 0 Å². The zero-order valence-corrected chi connectivity index (χ0v) is 18.0. The molecular formula is C22H19N5O4S. The first-order valence-electron chi connectivity index (χ1n) is 9.62. The minimum absolute atomic E-state index is 0.00569. The van der Waals surface area contributed by atoms with Crippen LogP contribution in [-0.2, 0) is 4.79 Å². The number of carbonyl (C=O) groups excluding carboxylic acids is 1. The van der Waals surface area contributed by atoms with Crippen molar-refractivity contribution in [1.29, 1.82) is 0 Å². The number of nitrogens with one attached hydrogen (secondary N) is 1. The van der Waals surface area contributed by atoms with Crippen LogP contribution in [0.1, 0.15) is 12.5 Å². The summed E-state index contributed by atoms with van der Waals surface area (Å²) in [6.07, 6.45) is 1.61. The smallest absolute Gasteiger partial charge is 0.269 e. The van der Waals surface area contributed by atoms with Crippen LogP contribution in [0.5, 0.6) is 5.75 Å². The molecule has 0 fully saturated rings. The molecule has 1 aliphatic heterocycles. The molecule has 1 N–H and O–H groups in total. The van der Waals surface area contributed by atoms with Gasteiger partial charge in [-0.2, -0.15) is 5.10 Å². The number of benzene rings is 2. The second kappa shape index (κ2) is 8.98. The van der Waals surface area contributed by atoms with Crippen LogP contribution in [0.25, 0.3) is 11.3 Å². The molecule has 0 spiro atoms. The maximum absolute atomic E-state index is 11.7. The Morgan fingerprint density at radius 2 is 2.12 bits per heavy atom. The third-order valence-electron chi connectivity index (χ3n) is 4.50. The van der Waals surface area contributed by atoms with E-state index < -0.39 is 4.92 Å². The van der Waals surface area contributed by atoms with Crippen LogP contribution in [0, 0.1) is 10.1 Å². The van der Waals surface area contributed by atoms with Crippen LogP contribution in [0.15, 0.2) is 70.1 Å². The highest BCUT2D eigenvalue weighted by molar-refractivity contribution is 7.07. The molecule has 0 unspecified atom stereocenters. The summed E-state index contributed by atoms with van der Waals surface area (Å²) >= 11 is 1.43. The Bertz CT molecular complexity index is 1300. The summed E-state index contributed by atoms with van der Waals surface area (Å²) in [6, 6.07) is 11.6. The monoisotopic (exact) mass is 449 g/mol. The summed E-state index contributed by atoms with van der Waals surface area (Å²) in [6.45, 7) is 6.24. The molecule has 162 valence electrons. The van der Waals surface area contributed by atoms with Gasteiger partial charge >= 0.3 is 0 Å². The van der Waals surface area contributed by atoms with E-state index in [-0.39, 0.29) is 18.2 Å². The molecule has 0 radical (unpaired) electrons. The maximum atomic E-state index is 11.7. The molecule has 0 saturated heterocycles. The minimum atomic E-state index is -0.445. The number of fused-ring (bicyclic) bond motifs is 1. The Balaban J connectivity index is 1.74. The van der Waals surface area contributed by atoms with Crippen molar-refractivity contribution in [1.82, 2.24) is 4.68 Å². The molecule has 3 aromatic rings. The second-order valence-corrected chi connectivity index (χ2v) is 7.97. The fourth-order valence-electron chi connectivity index (χ4n) is 2.97. The molecule has 10 heteroatoms. The van der Waals surface area contributed by atoms with Crippen molar-refractivity contribution in [3.8, 4) is 17.0 Å². The number of nitrogens with zero attached hydrogens (tertiary/aromatic N) is 4. The second-order valence-electron chi connectivity index (χ2n) is 7.13. The number of anilines is 1. The number of thiazole rings is 1. The Morgan fingerprint density at radius 3 is 2.84 bits per heavy atom. The number of nitro groups is 1. The van der Waals surface area contributed by atoms with Crippen molar-refractivity contribution < 1.29 is 14.5 Å². The summed E-state index contributed by atoms with van der Waals surface area (Å²) in [5.41, 5.74) is 3.83. The highest BCUT2D eigenvalue weighted by Crippen LogP contribution is 2.32. The van der Waals surface area contributed by atoms with Crippen LogP contribution in [0.2, 0.25) is 0 Å². The number of hydrogen-bond acceptors (Lipinski definition) is 7. The third-order valence-corrected chi connectivity index (χ3v) is 5.36. The highest BCUT2D eigenvalue weighted by Gasteiger charge is 2.17. The van der Waals surface area contributed by atoms with Gasteiger partial charge in [-0.25, -0.2) is 4.68 Å². The number of non-ortho nitro benzene ring substituents is 1. The SMILES string of the molecule is C=C(C)CN=c1scc(-c2ccc3c(c2)NC(=O)CO3)n1N=Cc1ccc([N+](=O)[O-])cc1. The third kappa shape index (κ3) is 4.65. The lowest BCUT2D eigenvalue weighted by molar-refractivity contribution is -0.384. The van der Waals surface area contributed by atoms with Crippen LogP contribution in [0.4, 0.5) is 11.4 Å². The Kier molecular flexibility index (Phi) is 5.95. The lowest BCUT2D eigenvalue weighted by Crippen LogP contribution is -2.25. The van der Waals surface area contributed by atoms with Gasteiger partial charge in [0.25, 0.3) is 11.6 Å². The van der Waals surface area contributed by atoms with Gasteiger partial charge in [0.1, 0.15) is 5.75 Å². The number of aromatic nitrogens is 1. The summed E-state index contributed by atoms with van der Waals surface area (Å²) in [5.74, 6) is 0.401. The van der Waals surface area contributed by atoms with Gasteiger partial charge < -0.3 is 10.1 Å². The van der Waals surface area contributed by atoms with Gasteiger partial charge in [0.15, 0.2) is 6.61 Å². The zero-order valence-electron chi connectivity index (χ0n) is 17.1. The van der Waals surface area contributed by atoms with E-state index in [9.17, 15) is 14.9 Å². The summed E-state index contributed by atoms with van der Waals surface area (Å²) in [7, 11) is 0. The summed E-state index contributed by atoms with van der Waals surface area (Å²) < 4.78 is 7.13. The zero-order chi connectivity index (χ0) is 22.7. The lowest BCUT2D eigenvalue weighted by atomic mass is 10.1. The maximum Gasteiger partial charge on any atom is 0.269 e. The fourth-order valence-corrected chi connectivity index (χ4v) is 3.81. The number of nitro benzene ring substituents is 1. The van der Waals surface area contributed by atoms with E-state index in [2.05, 4.69) is 22.0 Å². The Labute approximate surface area is 187 Å². The average Bonchev–Trinajstić information content (AvgIpc) is 3.18. The number of rotatable bonds is 6. The molecule has 32 heavy (non-hydrogen) atoms. The molecular weight excluding hydrogens is 430 g/mol. The lowest BCUT2D eigenvalue weighted by Gasteiger charge is -2.18. The van der Waals surface area contributed by atoms with Crippen molar-refractivity contribution >= 4 is 34.8 Å². The van der Waals surface area contributed by atoms with Crippen molar-refractivity contribution in [3.05, 3.63) is 80.5 Å². The van der Waals surface area contributed by atoms with Gasteiger partial charge in [-0.1, -0.05) is 12.2 Å². The summed E-state index contributed by atoms with van der Waals surface area (Å²) in [5, 5.41) is 20.2. The fraction of sp³-hybridized carbons (Fsp3) is 0.136. The molecule has 2 heterocycles. The van der Waals surface area contributed by atoms with Crippen molar-refractivity contribution in [2.45, 2.75) is 6.92 Å². The van der Waals surface area contributed by atoms with Gasteiger partial charge in [-0.15, -0.1) is 11.3 Å². The Hall–Kier alpha value is -4.05. The quantitative estimate of drug-likeness (QED) is 0.267. The van der Waals surface area contributed by atoms with E-state index in [1.807, 2.05) is 24.4 Å². The van der Waals surface area contributed by atoms with Gasteiger partial charge in [0.05, 0.1) is 29.1 Å². The summed E-state index contributed by atoms with van der Waals surface area (Å²) in [4.78, 5) is 27.4. The van der Waals surface area contributed by atoms with E-state index in [4.69, 9.17) is 4.74 Å². The minimum Gasteiger partial charge on any atom is -0.482 e. The first-order chi connectivity index (χ1) is 15.4. The molecule has 1 amide bonds. The molecule has 1 aromatic heterocycles. The molecule has 9 nitrogen and oxygen atoms in total. The van der Waals surface area contributed by atoms with Crippen molar-refractivity contribution in [2.24, 2.45) is 10.1 Å². The Morgan fingerprint density at radius 1 is 1.34 bits per heavy atom. The number of hydrogen-bond donors (Lipinski definition) is 1. The standard InChI is InChI=1S/C22H19N5O4S/c1-14(2)10-23-22-26(24-11-15-3-6-17(7-4-15)27(29)30)19(13-32-22)16-5-8-20-18(9-16)25-21(28)12-31-20/h3-9,11,13H,1,10,12H2,2H3,(H,25,28). The van der Waals surface area contributed by atoms with Crippen LogP contribution in [-0.4, -0.2) is 34.9 Å². The van der Waals surface area contributed by atoms with Gasteiger partial charge in [0, 0.05) is 23.1 Å². The van der Waals surface area contributed by atoms with Crippen molar-refractivity contribution in [3.63, 3.8) is 0 Å². The van der Waals surface area contributed by atoms with Gasteiger partial charge in [-0.3, -0.25) is 19.9 Å². The molecule has 0 atom stereocenters. The first-order valence-corrected chi connectivity index (χ1v) is 10.5. The van der Waals surface area contributed by atoms with Gasteiger partial charge in [-0.05, 0) is 42.8 Å². The molecule has 0 bridgehead atoms. The molecule has 1 aliphatic rings. The van der Waals surface area contributed by atoms with Crippen LogP contribution >= 0.6 is 11.3 Å². The molecule has 0 aliphatic carbocycles. The number of ether oxygens (including phenoxy) is 1. The molecule has 0 saturated carbocycles. The molecule has 4 rings (SSSR count). The van der Waals surface area contributed by atoms with E-state index in [1.165, 1.54) is 23.5 Å². The van der Waals surface area contributed by atoms with E-state index in [0.717, 1.165) is 16.8 Å². The van der Waals surface area contributed by atoms with Gasteiger partial charge in [0.2, 0.25) is 4.80 Å². The average molecular weight is 449 g/mol. The predicted molar refractivity (Wildman–Crippen MR) is 123 cm³/mol. The first kappa shape index (κ1) is 21.2. The predicted octanol–water partition coefficient (Wildman–Crippen LogP) is 3.81. The highest BCUT2D eigenvalue weighted by atomic mass is 32.1. The largest absolute Gasteiger partial charge is 0.482 e. The van der Waals surface area contributed by atoms with E-state index in [0.29, 0.717) is 28.3 Å². The van der Waals surface area contributed by atoms with Crippen molar-refractivity contribution in [2.75, 3.05) is 18.5 Å².